The van der Waals surface area contributed by atoms with Gasteiger partial charge in [0, 0.05) is 29.7 Å². The van der Waals surface area contributed by atoms with E-state index in [2.05, 4.69) is 22.4 Å². The largest absolute Gasteiger partial charge is 0.381 e. The minimum absolute atomic E-state index is 0.342. The Kier molecular flexibility index (Phi) is 4.15. The molecule has 0 fully saturated rings. The van der Waals surface area contributed by atoms with Crippen molar-refractivity contribution in [1.29, 1.82) is 0 Å². The molecule has 22 heavy (non-hydrogen) atoms. The fourth-order valence-corrected chi connectivity index (χ4v) is 2.56. The van der Waals surface area contributed by atoms with E-state index in [1.54, 1.807) is 0 Å². The molecule has 3 heteroatoms. The van der Waals surface area contributed by atoms with Crippen LogP contribution < -0.4 is 5.32 Å². The Bertz CT molecular complexity index is 794. The van der Waals surface area contributed by atoms with Crippen LogP contribution in [0.15, 0.2) is 54.6 Å². The molecule has 0 atom stereocenters. The molecule has 109 valence electrons. The quantitative estimate of drug-likeness (QED) is 0.776. The molecule has 3 rings (SSSR count). The molecule has 3 nitrogen and oxygen atoms in total. The monoisotopic (exact) mass is 289 g/mol. The highest BCUT2D eigenvalue weighted by Crippen LogP contribution is 2.19. The molecule has 2 aromatic carbocycles. The zero-order chi connectivity index (χ0) is 15.4. The van der Waals surface area contributed by atoms with Crippen molar-refractivity contribution in [3.05, 3.63) is 71.4 Å². The first kappa shape index (κ1) is 14.3. The molecule has 0 aliphatic rings. The van der Waals surface area contributed by atoms with Crippen LogP contribution >= 0.6 is 0 Å². The van der Waals surface area contributed by atoms with Crippen molar-refractivity contribution >= 4 is 22.9 Å². The second kappa shape index (κ2) is 6.39. The molecule has 0 unspecified atom stereocenters. The highest BCUT2D eigenvalue weighted by Gasteiger charge is 2.03. The second-order valence-corrected chi connectivity index (χ2v) is 5.31. The van der Waals surface area contributed by atoms with E-state index in [4.69, 9.17) is 0 Å². The number of carbonyl (C=O) groups excluding carboxylic acids is 1. The van der Waals surface area contributed by atoms with Crippen LogP contribution in [0.1, 0.15) is 16.8 Å². The van der Waals surface area contributed by atoms with Crippen molar-refractivity contribution in [1.82, 2.24) is 4.98 Å². The van der Waals surface area contributed by atoms with Gasteiger partial charge in [-0.3, -0.25) is 9.78 Å². The molecule has 0 spiro atoms. The average molecular weight is 289 g/mol. The van der Waals surface area contributed by atoms with Crippen molar-refractivity contribution in [3.8, 4) is 0 Å². The van der Waals surface area contributed by atoms with Gasteiger partial charge in [-0.05, 0) is 42.3 Å². The van der Waals surface area contributed by atoms with Gasteiger partial charge in [-0.25, -0.2) is 0 Å². The number of hydrogen-bond acceptors (Lipinski definition) is 3. The number of anilines is 1. The van der Waals surface area contributed by atoms with Gasteiger partial charge in [-0.1, -0.05) is 30.3 Å². The lowest BCUT2D eigenvalue weighted by atomic mass is 10.1. The molecule has 0 aliphatic heterocycles. The third-order valence-corrected chi connectivity index (χ3v) is 3.64. The summed E-state index contributed by atoms with van der Waals surface area (Å²) in [7, 11) is 0. The van der Waals surface area contributed by atoms with Gasteiger partial charge in [0.25, 0.3) is 0 Å². The van der Waals surface area contributed by atoms with Crippen LogP contribution in [0.2, 0.25) is 0 Å². The summed E-state index contributed by atoms with van der Waals surface area (Å²) in [6.07, 6.45) is 2.25. The number of rotatable bonds is 5. The maximum absolute atomic E-state index is 10.4. The van der Waals surface area contributed by atoms with Gasteiger partial charge in [0.1, 0.15) is 0 Å². The highest BCUT2D eigenvalue weighted by molar-refractivity contribution is 5.82. The van der Waals surface area contributed by atoms with Crippen LogP contribution in [-0.4, -0.2) is 11.3 Å². The number of aryl methyl sites for hydroxylation is 1. The van der Waals surface area contributed by atoms with Crippen molar-refractivity contribution in [2.45, 2.75) is 19.9 Å². The Morgan fingerprint density at radius 3 is 2.64 bits per heavy atom. The van der Waals surface area contributed by atoms with E-state index in [-0.39, 0.29) is 0 Å². The average Bonchev–Trinajstić information content (AvgIpc) is 2.54. The summed E-state index contributed by atoms with van der Waals surface area (Å²) in [5.41, 5.74) is 5.29. The normalized spacial score (nSPS) is 10.6. The Morgan fingerprint density at radius 1 is 1.09 bits per heavy atom. The molecular formula is C19H17N2O. The van der Waals surface area contributed by atoms with E-state index in [1.165, 1.54) is 10.9 Å². The van der Waals surface area contributed by atoms with E-state index in [0.29, 0.717) is 6.42 Å². The summed E-state index contributed by atoms with van der Waals surface area (Å²) in [6.45, 7) is 2.75. The molecule has 0 amide bonds. The molecular weight excluding hydrogens is 272 g/mol. The van der Waals surface area contributed by atoms with Gasteiger partial charge in [-0.2, -0.15) is 0 Å². The number of nitrogens with one attached hydrogen (secondary N) is 1. The topological polar surface area (TPSA) is 42.0 Å². The first-order valence-electron chi connectivity index (χ1n) is 7.29. The SMILES string of the molecule is Cc1cc(CNc2ccc(C[C]=O)cc2)c2ccccc2n1. The van der Waals surface area contributed by atoms with Crippen LogP contribution in [0, 0.1) is 6.92 Å². The summed E-state index contributed by atoms with van der Waals surface area (Å²) in [5.74, 6) is 0. The molecule has 1 aromatic heterocycles. The first-order chi connectivity index (χ1) is 10.8. The van der Waals surface area contributed by atoms with E-state index in [9.17, 15) is 4.79 Å². The van der Waals surface area contributed by atoms with Crippen LogP contribution in [0.4, 0.5) is 5.69 Å². The molecule has 0 saturated heterocycles. The minimum Gasteiger partial charge on any atom is -0.381 e. The fraction of sp³-hybridized carbons (Fsp3) is 0.158. The molecule has 1 N–H and O–H groups in total. The molecule has 0 saturated carbocycles. The predicted octanol–water partition coefficient (Wildman–Crippen LogP) is 3.81. The summed E-state index contributed by atoms with van der Waals surface area (Å²) in [5, 5.41) is 4.60. The maximum atomic E-state index is 10.4. The van der Waals surface area contributed by atoms with Gasteiger partial charge in [0.05, 0.1) is 5.52 Å². The summed E-state index contributed by atoms with van der Waals surface area (Å²) in [4.78, 5) is 14.9. The highest BCUT2D eigenvalue weighted by atomic mass is 16.1. The third-order valence-electron chi connectivity index (χ3n) is 3.64. The summed E-state index contributed by atoms with van der Waals surface area (Å²) in [6, 6.07) is 18.2. The van der Waals surface area contributed by atoms with Crippen LogP contribution in [-0.2, 0) is 17.8 Å². The van der Waals surface area contributed by atoms with Gasteiger partial charge < -0.3 is 5.32 Å². The Balaban J connectivity index is 1.80. The smallest absolute Gasteiger partial charge is 0.203 e. The number of nitrogens with zero attached hydrogens (tertiary/aromatic N) is 1. The molecule has 3 aromatic rings. The predicted molar refractivity (Wildman–Crippen MR) is 89.6 cm³/mol. The van der Waals surface area contributed by atoms with E-state index in [0.717, 1.165) is 29.0 Å². The Hall–Kier alpha value is -2.68. The number of hydrogen-bond donors (Lipinski definition) is 1. The lowest BCUT2D eigenvalue weighted by Gasteiger charge is -2.10. The standard InChI is InChI=1S/C19H17N2O/c1-14-12-16(18-4-2-3-5-19(18)21-14)13-20-17-8-6-15(7-9-17)10-11-22/h2-9,12,20H,10,13H2,1H3. The fourth-order valence-electron chi connectivity index (χ4n) is 2.56. The van der Waals surface area contributed by atoms with Crippen molar-refractivity contribution in [2.24, 2.45) is 0 Å². The second-order valence-electron chi connectivity index (χ2n) is 5.31. The van der Waals surface area contributed by atoms with Crippen LogP contribution in [0.25, 0.3) is 10.9 Å². The van der Waals surface area contributed by atoms with E-state index < -0.39 is 0 Å². The van der Waals surface area contributed by atoms with Crippen LogP contribution in [0.3, 0.4) is 0 Å². The Morgan fingerprint density at radius 2 is 1.86 bits per heavy atom. The molecule has 0 bridgehead atoms. The van der Waals surface area contributed by atoms with E-state index in [1.807, 2.05) is 55.7 Å². The summed E-state index contributed by atoms with van der Waals surface area (Å²) < 4.78 is 0. The summed E-state index contributed by atoms with van der Waals surface area (Å²) >= 11 is 0. The molecule has 1 heterocycles. The number of fused-ring (bicyclic) bond motifs is 1. The van der Waals surface area contributed by atoms with Crippen LogP contribution in [0.5, 0.6) is 0 Å². The van der Waals surface area contributed by atoms with Crippen molar-refractivity contribution in [3.63, 3.8) is 0 Å². The van der Waals surface area contributed by atoms with Gasteiger partial charge >= 0.3 is 0 Å². The van der Waals surface area contributed by atoms with Crippen molar-refractivity contribution in [2.75, 3.05) is 5.32 Å². The maximum Gasteiger partial charge on any atom is 0.203 e. The number of benzene rings is 2. The van der Waals surface area contributed by atoms with Crippen molar-refractivity contribution < 1.29 is 4.79 Å². The zero-order valence-electron chi connectivity index (χ0n) is 12.5. The molecule has 0 aliphatic carbocycles. The van der Waals surface area contributed by atoms with Gasteiger partial charge in [0.2, 0.25) is 6.29 Å². The van der Waals surface area contributed by atoms with Gasteiger partial charge in [-0.15, -0.1) is 0 Å². The van der Waals surface area contributed by atoms with Gasteiger partial charge in [0.15, 0.2) is 0 Å². The number of pyridine rings is 1. The first-order valence-corrected chi connectivity index (χ1v) is 7.29. The number of para-hydroxylation sites is 1. The third kappa shape index (κ3) is 3.14. The lowest BCUT2D eigenvalue weighted by molar-refractivity contribution is 0.555. The zero-order valence-corrected chi connectivity index (χ0v) is 12.5. The lowest BCUT2D eigenvalue weighted by Crippen LogP contribution is -2.02. The Labute approximate surface area is 130 Å². The van der Waals surface area contributed by atoms with E-state index >= 15 is 0 Å². The molecule has 1 radical (unpaired) electrons. The number of aromatic nitrogens is 1. The minimum atomic E-state index is 0.342.